The van der Waals surface area contributed by atoms with Crippen molar-refractivity contribution in [1.29, 1.82) is 0 Å². The van der Waals surface area contributed by atoms with Gasteiger partial charge in [0.25, 0.3) is 0 Å². The lowest BCUT2D eigenvalue weighted by Crippen LogP contribution is -2.08. The summed E-state index contributed by atoms with van der Waals surface area (Å²) < 4.78 is 2.43. The van der Waals surface area contributed by atoms with E-state index in [1.165, 1.54) is 71.6 Å². The molecule has 0 aliphatic rings. The molecule has 8 aromatic carbocycles. The van der Waals surface area contributed by atoms with Crippen LogP contribution in [0.5, 0.6) is 0 Å². The third-order valence-electron chi connectivity index (χ3n) is 9.82. The van der Waals surface area contributed by atoms with Crippen molar-refractivity contribution in [3.05, 3.63) is 188 Å². The molecule has 0 aliphatic heterocycles. The standard InChI is InChI=1S/C47H34N2/c1-48(40-15-6-3-7-16-40)41-27-23-36(24-28-41)34-19-21-37(22-20-34)43-17-10-18-45-47(43)44-31-38-13-8-9-14-39(38)32-46(44)49(45)42-29-25-35(26-30-42)33-11-4-2-5-12-33/h2-32H,1H3. The summed E-state index contributed by atoms with van der Waals surface area (Å²) in [6, 6.07) is 68.0. The number of aromatic nitrogens is 1. The van der Waals surface area contributed by atoms with E-state index in [0.717, 1.165) is 11.4 Å². The summed E-state index contributed by atoms with van der Waals surface area (Å²) in [7, 11) is 2.11. The molecule has 2 heteroatoms. The molecule has 0 aliphatic carbocycles. The average molecular weight is 627 g/mol. The Balaban J connectivity index is 1.13. The Morgan fingerprint density at radius 1 is 0.388 bits per heavy atom. The Morgan fingerprint density at radius 3 is 1.57 bits per heavy atom. The summed E-state index contributed by atoms with van der Waals surface area (Å²) >= 11 is 0. The van der Waals surface area contributed by atoms with E-state index in [-0.39, 0.29) is 0 Å². The zero-order chi connectivity index (χ0) is 32.7. The van der Waals surface area contributed by atoms with Gasteiger partial charge in [-0.1, -0.05) is 133 Å². The van der Waals surface area contributed by atoms with Crippen LogP contribution in [-0.2, 0) is 0 Å². The van der Waals surface area contributed by atoms with Gasteiger partial charge in [-0.25, -0.2) is 0 Å². The minimum atomic E-state index is 1.16. The first kappa shape index (κ1) is 28.8. The molecule has 0 amide bonds. The van der Waals surface area contributed by atoms with Crippen molar-refractivity contribution in [3.8, 4) is 39.1 Å². The van der Waals surface area contributed by atoms with Gasteiger partial charge in [-0.3, -0.25) is 0 Å². The lowest BCUT2D eigenvalue weighted by Gasteiger charge is -2.19. The van der Waals surface area contributed by atoms with Crippen LogP contribution in [0.1, 0.15) is 0 Å². The maximum Gasteiger partial charge on any atom is 0.0547 e. The molecular weight excluding hydrogens is 593 g/mol. The average Bonchev–Trinajstić information content (AvgIpc) is 3.51. The van der Waals surface area contributed by atoms with Crippen molar-refractivity contribution >= 4 is 44.0 Å². The fourth-order valence-corrected chi connectivity index (χ4v) is 7.23. The predicted octanol–water partition coefficient (Wildman–Crippen LogP) is 12.7. The second-order valence-corrected chi connectivity index (χ2v) is 12.7. The SMILES string of the molecule is CN(c1ccccc1)c1ccc(-c2ccc(-c3cccc4c3c3cc5ccccc5cc3n4-c3ccc(-c4ccccc4)cc3)cc2)cc1. The lowest BCUT2D eigenvalue weighted by atomic mass is 9.96. The van der Waals surface area contributed by atoms with E-state index in [0.29, 0.717) is 0 Å². The van der Waals surface area contributed by atoms with Crippen molar-refractivity contribution in [3.63, 3.8) is 0 Å². The molecule has 0 unspecified atom stereocenters. The van der Waals surface area contributed by atoms with Crippen LogP contribution in [0.25, 0.3) is 71.6 Å². The van der Waals surface area contributed by atoms with Gasteiger partial charge in [-0.05, 0) is 98.8 Å². The van der Waals surface area contributed by atoms with Crippen molar-refractivity contribution in [2.75, 3.05) is 11.9 Å². The molecule has 232 valence electrons. The van der Waals surface area contributed by atoms with Crippen molar-refractivity contribution in [1.82, 2.24) is 4.57 Å². The fraction of sp³-hybridized carbons (Fsp3) is 0.0213. The Kier molecular flexibility index (Phi) is 7.06. The number of para-hydroxylation sites is 1. The fourth-order valence-electron chi connectivity index (χ4n) is 7.23. The summed E-state index contributed by atoms with van der Waals surface area (Å²) in [6.07, 6.45) is 0. The van der Waals surface area contributed by atoms with Gasteiger partial charge in [0.2, 0.25) is 0 Å². The second-order valence-electron chi connectivity index (χ2n) is 12.7. The number of hydrogen-bond donors (Lipinski definition) is 0. The van der Waals surface area contributed by atoms with Crippen LogP contribution in [0, 0.1) is 0 Å². The second kappa shape index (κ2) is 12.0. The molecule has 1 heterocycles. The van der Waals surface area contributed by atoms with Crippen LogP contribution in [0.4, 0.5) is 11.4 Å². The van der Waals surface area contributed by atoms with E-state index in [1.807, 2.05) is 0 Å². The van der Waals surface area contributed by atoms with Crippen LogP contribution in [-0.4, -0.2) is 11.6 Å². The summed E-state index contributed by atoms with van der Waals surface area (Å²) in [5, 5.41) is 5.03. The summed E-state index contributed by atoms with van der Waals surface area (Å²) in [5.74, 6) is 0. The van der Waals surface area contributed by atoms with Gasteiger partial charge >= 0.3 is 0 Å². The quantitative estimate of drug-likeness (QED) is 0.178. The number of rotatable bonds is 6. The molecule has 49 heavy (non-hydrogen) atoms. The maximum absolute atomic E-state index is 2.43. The third-order valence-corrected chi connectivity index (χ3v) is 9.82. The van der Waals surface area contributed by atoms with Gasteiger partial charge in [0, 0.05) is 34.9 Å². The normalized spacial score (nSPS) is 11.4. The highest BCUT2D eigenvalue weighted by Crippen LogP contribution is 2.41. The highest BCUT2D eigenvalue weighted by Gasteiger charge is 2.17. The summed E-state index contributed by atoms with van der Waals surface area (Å²) in [5.41, 5.74) is 13.2. The van der Waals surface area contributed by atoms with E-state index in [9.17, 15) is 0 Å². The molecule has 0 fully saturated rings. The Hall–Kier alpha value is -6.38. The van der Waals surface area contributed by atoms with Gasteiger partial charge in [-0.2, -0.15) is 0 Å². The van der Waals surface area contributed by atoms with E-state index in [1.54, 1.807) is 0 Å². The molecule has 9 aromatic rings. The molecule has 0 saturated carbocycles. The molecule has 0 spiro atoms. The highest BCUT2D eigenvalue weighted by atomic mass is 15.1. The number of nitrogens with zero attached hydrogens (tertiary/aromatic N) is 2. The van der Waals surface area contributed by atoms with E-state index < -0.39 is 0 Å². The zero-order valence-corrected chi connectivity index (χ0v) is 27.3. The Bertz CT molecular complexity index is 2560. The summed E-state index contributed by atoms with van der Waals surface area (Å²) in [4.78, 5) is 2.21. The minimum Gasteiger partial charge on any atom is -0.345 e. The number of anilines is 2. The first-order valence-corrected chi connectivity index (χ1v) is 16.8. The van der Waals surface area contributed by atoms with Gasteiger partial charge in [0.15, 0.2) is 0 Å². The van der Waals surface area contributed by atoms with Gasteiger partial charge in [-0.15, -0.1) is 0 Å². The van der Waals surface area contributed by atoms with Crippen LogP contribution < -0.4 is 4.90 Å². The number of benzene rings is 8. The first-order valence-electron chi connectivity index (χ1n) is 16.8. The van der Waals surface area contributed by atoms with Crippen molar-refractivity contribution in [2.45, 2.75) is 0 Å². The van der Waals surface area contributed by atoms with Crippen LogP contribution in [0.15, 0.2) is 188 Å². The topological polar surface area (TPSA) is 8.17 Å². The van der Waals surface area contributed by atoms with Crippen molar-refractivity contribution < 1.29 is 0 Å². The minimum absolute atomic E-state index is 1.16. The van der Waals surface area contributed by atoms with Crippen LogP contribution >= 0.6 is 0 Å². The maximum atomic E-state index is 2.43. The highest BCUT2D eigenvalue weighted by molar-refractivity contribution is 6.18. The monoisotopic (exact) mass is 626 g/mol. The number of fused-ring (bicyclic) bond motifs is 4. The Morgan fingerprint density at radius 2 is 0.898 bits per heavy atom. The summed E-state index contributed by atoms with van der Waals surface area (Å²) in [6.45, 7) is 0. The molecule has 0 N–H and O–H groups in total. The Labute approximate surface area is 286 Å². The molecule has 9 rings (SSSR count). The molecule has 0 atom stereocenters. The van der Waals surface area contributed by atoms with Gasteiger partial charge in [0.05, 0.1) is 11.0 Å². The predicted molar refractivity (Wildman–Crippen MR) is 209 cm³/mol. The van der Waals surface area contributed by atoms with E-state index in [2.05, 4.69) is 205 Å². The molecule has 0 saturated heterocycles. The van der Waals surface area contributed by atoms with Crippen LogP contribution in [0.3, 0.4) is 0 Å². The first-order chi connectivity index (χ1) is 24.2. The molecule has 2 nitrogen and oxygen atoms in total. The molecule has 0 radical (unpaired) electrons. The van der Waals surface area contributed by atoms with E-state index in [4.69, 9.17) is 0 Å². The zero-order valence-electron chi connectivity index (χ0n) is 27.3. The lowest BCUT2D eigenvalue weighted by molar-refractivity contribution is 1.18. The van der Waals surface area contributed by atoms with Gasteiger partial charge < -0.3 is 9.47 Å². The largest absolute Gasteiger partial charge is 0.345 e. The smallest absolute Gasteiger partial charge is 0.0547 e. The molecular formula is C47H34N2. The van der Waals surface area contributed by atoms with Gasteiger partial charge in [0.1, 0.15) is 0 Å². The van der Waals surface area contributed by atoms with Crippen molar-refractivity contribution in [2.24, 2.45) is 0 Å². The molecule has 1 aromatic heterocycles. The third kappa shape index (κ3) is 5.15. The molecule has 0 bridgehead atoms. The van der Waals surface area contributed by atoms with Crippen LogP contribution in [0.2, 0.25) is 0 Å². The number of hydrogen-bond acceptors (Lipinski definition) is 1. The van der Waals surface area contributed by atoms with E-state index >= 15 is 0 Å².